The van der Waals surface area contributed by atoms with E-state index in [2.05, 4.69) is 267 Å². The molecular weight excluding hydrogens is 990 g/mol. The average Bonchev–Trinajstić information content (AvgIpc) is 3.97. The number of hydrogen-bond donors (Lipinski definition) is 0. The molecule has 3 aliphatic heterocycles. The Hall–Kier alpha value is -7.54. The van der Waals surface area contributed by atoms with Crippen molar-refractivity contribution in [2.75, 3.05) is 14.7 Å². The van der Waals surface area contributed by atoms with Gasteiger partial charge in [-0.2, -0.15) is 0 Å². The molecule has 5 heterocycles. The molecule has 0 saturated heterocycles. The fraction of sp³-hybridized carbons (Fsp3) is 0.270. The van der Waals surface area contributed by atoms with Gasteiger partial charge in [0.1, 0.15) is 5.58 Å². The minimum absolute atomic E-state index is 0.0120. The summed E-state index contributed by atoms with van der Waals surface area (Å²) >= 11 is 1.92. The number of para-hydroxylation sites is 1. The molecule has 1 aliphatic carbocycles. The molecule has 0 N–H and O–H groups in total. The van der Waals surface area contributed by atoms with E-state index in [1.807, 2.05) is 11.3 Å². The van der Waals surface area contributed by atoms with Crippen LogP contribution in [0.3, 0.4) is 0 Å². The van der Waals surface area contributed by atoms with E-state index in [0.717, 1.165) is 46.2 Å². The van der Waals surface area contributed by atoms with Crippen molar-refractivity contribution < 1.29 is 4.42 Å². The molecule has 2 atom stereocenters. The molecule has 0 radical (unpaired) electrons. The molecule has 11 aromatic rings. The monoisotopic (exact) mass is 1060 g/mol. The van der Waals surface area contributed by atoms with Crippen LogP contribution in [0.4, 0.5) is 45.5 Å². The largest absolute Gasteiger partial charge is 0.454 e. The minimum Gasteiger partial charge on any atom is -0.454 e. The Labute approximate surface area is 476 Å². The van der Waals surface area contributed by atoms with Crippen molar-refractivity contribution in [2.45, 2.75) is 129 Å². The molecule has 1 saturated carbocycles. The van der Waals surface area contributed by atoms with Gasteiger partial charge in [-0.15, -0.1) is 11.3 Å². The maximum atomic E-state index is 7.37. The Bertz CT molecular complexity index is 4390. The van der Waals surface area contributed by atoms with Crippen molar-refractivity contribution in [3.63, 3.8) is 0 Å². The first kappa shape index (κ1) is 49.5. The summed E-state index contributed by atoms with van der Waals surface area (Å²) in [6, 6.07) is 68.0. The summed E-state index contributed by atoms with van der Waals surface area (Å²) in [4.78, 5) is 8.17. The second-order valence-electron chi connectivity index (χ2n) is 27.2. The van der Waals surface area contributed by atoms with Gasteiger partial charge in [-0.1, -0.05) is 203 Å². The third-order valence-corrected chi connectivity index (χ3v) is 20.7. The number of thiophene rings is 1. The highest BCUT2D eigenvalue weighted by Crippen LogP contribution is 2.63. The number of nitrogens with zero attached hydrogens (tertiary/aromatic N) is 3. The molecular formula is C74H70BN3OS. The molecule has 396 valence electrons. The second kappa shape index (κ2) is 17.0. The van der Waals surface area contributed by atoms with Crippen molar-refractivity contribution in [3.05, 3.63) is 198 Å². The van der Waals surface area contributed by atoms with Gasteiger partial charge >= 0.3 is 0 Å². The predicted molar refractivity (Wildman–Crippen MR) is 345 cm³/mol. The topological polar surface area (TPSA) is 22.9 Å². The molecule has 15 rings (SSSR count). The summed E-state index contributed by atoms with van der Waals surface area (Å²) in [5, 5.41) is 4.86. The summed E-state index contributed by atoms with van der Waals surface area (Å²) in [5.41, 5.74) is 22.7. The molecule has 2 unspecified atom stereocenters. The summed E-state index contributed by atoms with van der Waals surface area (Å²) < 4.78 is 9.97. The van der Waals surface area contributed by atoms with E-state index in [0.29, 0.717) is 0 Å². The summed E-state index contributed by atoms with van der Waals surface area (Å²) in [5.74, 6) is 0. The maximum Gasteiger partial charge on any atom is 0.252 e. The van der Waals surface area contributed by atoms with Gasteiger partial charge in [0.15, 0.2) is 5.58 Å². The van der Waals surface area contributed by atoms with Crippen LogP contribution in [0.1, 0.15) is 124 Å². The van der Waals surface area contributed by atoms with Crippen LogP contribution in [0.5, 0.6) is 0 Å². The molecule has 1 fully saturated rings. The molecule has 2 aromatic heterocycles. The van der Waals surface area contributed by atoms with Crippen LogP contribution in [0.25, 0.3) is 53.2 Å². The third kappa shape index (κ3) is 7.00. The van der Waals surface area contributed by atoms with Crippen LogP contribution in [-0.4, -0.2) is 12.3 Å². The standard InChI is InChI=1S/C74H70BN3OS/c1-70(2,3)46-30-35-58(54(40-46)45-22-13-12-14-23-45)77-63-44-49(78-59-36-31-47(71(4,5)6)41-55(59)73(10)38-19-20-39-74(73,78)11)43-62-66(63)75(56-34-33-52-50-24-15-17-28-64(50)79-68(52)67(56)77)57-42-48(72(7,8)9)32-37-60(57)76(62)61-27-21-26-53-51-25-16-18-29-65(51)80-69(53)61/h12-18,21-37,40-44H,19-20,38-39H2,1-11H3. The van der Waals surface area contributed by atoms with Gasteiger partial charge in [-0.05, 0) is 135 Å². The summed E-state index contributed by atoms with van der Waals surface area (Å²) in [6.45, 7) is 26.2. The highest BCUT2D eigenvalue weighted by atomic mass is 32.1. The lowest BCUT2D eigenvalue weighted by atomic mass is 9.33. The third-order valence-electron chi connectivity index (χ3n) is 19.5. The molecule has 4 nitrogen and oxygen atoms in total. The first-order chi connectivity index (χ1) is 38.3. The van der Waals surface area contributed by atoms with Gasteiger partial charge in [0, 0.05) is 65.7 Å². The summed E-state index contributed by atoms with van der Waals surface area (Å²) in [6.07, 6.45) is 4.66. The lowest BCUT2D eigenvalue weighted by Gasteiger charge is -2.51. The Balaban J connectivity index is 1.13. The minimum atomic E-state index is -0.206. The van der Waals surface area contributed by atoms with Crippen molar-refractivity contribution in [1.29, 1.82) is 0 Å². The van der Waals surface area contributed by atoms with Gasteiger partial charge in [-0.25, -0.2) is 0 Å². The number of rotatable bonds is 4. The number of furan rings is 1. The maximum absolute atomic E-state index is 7.37. The van der Waals surface area contributed by atoms with Gasteiger partial charge in [0.25, 0.3) is 6.71 Å². The molecule has 80 heavy (non-hydrogen) atoms. The zero-order valence-electron chi connectivity index (χ0n) is 48.3. The lowest BCUT2D eigenvalue weighted by Crippen LogP contribution is -2.61. The molecule has 4 aliphatic rings. The second-order valence-corrected chi connectivity index (χ2v) is 28.3. The van der Waals surface area contributed by atoms with E-state index in [1.165, 1.54) is 117 Å². The zero-order chi connectivity index (χ0) is 55.0. The average molecular weight is 1060 g/mol. The summed E-state index contributed by atoms with van der Waals surface area (Å²) in [7, 11) is 0. The fourth-order valence-corrected chi connectivity index (χ4v) is 16.1. The predicted octanol–water partition coefficient (Wildman–Crippen LogP) is 19.3. The van der Waals surface area contributed by atoms with Crippen molar-refractivity contribution >= 4 is 122 Å². The quantitative estimate of drug-likeness (QED) is 0.164. The van der Waals surface area contributed by atoms with Crippen LogP contribution in [0.15, 0.2) is 180 Å². The first-order valence-electron chi connectivity index (χ1n) is 29.2. The van der Waals surface area contributed by atoms with Gasteiger partial charge < -0.3 is 19.1 Å². The molecule has 0 bridgehead atoms. The first-order valence-corrected chi connectivity index (χ1v) is 30.1. The molecule has 9 aromatic carbocycles. The Morgan fingerprint density at radius 2 is 1.11 bits per heavy atom. The van der Waals surface area contributed by atoms with E-state index in [4.69, 9.17) is 4.42 Å². The highest BCUT2D eigenvalue weighted by molar-refractivity contribution is 7.26. The zero-order valence-corrected chi connectivity index (χ0v) is 49.1. The Morgan fingerprint density at radius 3 is 1.86 bits per heavy atom. The SMILES string of the molecule is CC(C)(C)c1ccc2c(c1)B1c3ccc4c(oc5ccccc54)c3N(c3ccc(C(C)(C)C)cc3-c3ccccc3)c3cc(N4c5ccc(C(C)(C)C)cc5C5(C)CCCCC45C)cc(c31)N2c1cccc2c1sc1ccccc12. The fourth-order valence-electron chi connectivity index (χ4n) is 14.9. The molecule has 0 amide bonds. The molecule has 0 spiro atoms. The number of benzene rings is 9. The number of fused-ring (bicyclic) bond motifs is 14. The Kier molecular flexibility index (Phi) is 10.5. The number of hydrogen-bond acceptors (Lipinski definition) is 5. The van der Waals surface area contributed by atoms with E-state index >= 15 is 0 Å². The van der Waals surface area contributed by atoms with E-state index in [-0.39, 0.29) is 33.9 Å². The smallest absolute Gasteiger partial charge is 0.252 e. The van der Waals surface area contributed by atoms with Crippen LogP contribution < -0.4 is 31.1 Å². The van der Waals surface area contributed by atoms with Crippen molar-refractivity contribution in [2.24, 2.45) is 0 Å². The van der Waals surface area contributed by atoms with Crippen molar-refractivity contribution in [3.8, 4) is 11.1 Å². The highest BCUT2D eigenvalue weighted by Gasteiger charge is 2.58. The normalized spacial score (nSPS) is 18.7. The van der Waals surface area contributed by atoms with Crippen LogP contribution in [0, 0.1) is 0 Å². The van der Waals surface area contributed by atoms with Gasteiger partial charge in [-0.3, -0.25) is 0 Å². The van der Waals surface area contributed by atoms with Gasteiger partial charge in [0.05, 0.1) is 27.3 Å². The lowest BCUT2D eigenvalue weighted by molar-refractivity contribution is 0.195. The van der Waals surface area contributed by atoms with Gasteiger partial charge in [0.2, 0.25) is 0 Å². The van der Waals surface area contributed by atoms with Crippen LogP contribution in [0.2, 0.25) is 0 Å². The Morgan fingerprint density at radius 1 is 0.487 bits per heavy atom. The number of anilines is 8. The van der Waals surface area contributed by atoms with Crippen LogP contribution in [-0.2, 0) is 21.7 Å². The van der Waals surface area contributed by atoms with Crippen molar-refractivity contribution in [1.82, 2.24) is 0 Å². The van der Waals surface area contributed by atoms with E-state index < -0.39 is 0 Å². The van der Waals surface area contributed by atoms with E-state index in [1.54, 1.807) is 0 Å². The van der Waals surface area contributed by atoms with E-state index in [9.17, 15) is 0 Å². The van der Waals surface area contributed by atoms with Crippen LogP contribution >= 0.6 is 11.3 Å². The molecule has 6 heteroatoms.